The van der Waals surface area contributed by atoms with Crippen LogP contribution in [0.2, 0.25) is 0 Å². The van der Waals surface area contributed by atoms with Crippen molar-refractivity contribution in [2.24, 2.45) is 0 Å². The number of ether oxygens (including phenoxy) is 3. The van der Waals surface area contributed by atoms with Crippen molar-refractivity contribution in [3.63, 3.8) is 0 Å². The number of hydrogen-bond donors (Lipinski definition) is 1. The molecule has 1 saturated heterocycles. The highest BCUT2D eigenvalue weighted by atomic mass is 16.5. The van der Waals surface area contributed by atoms with Crippen molar-refractivity contribution in [3.8, 4) is 11.5 Å². The van der Waals surface area contributed by atoms with Gasteiger partial charge in [0, 0.05) is 44.7 Å². The fourth-order valence-corrected chi connectivity index (χ4v) is 4.60. The van der Waals surface area contributed by atoms with Gasteiger partial charge in [-0.3, -0.25) is 13.9 Å². The summed E-state index contributed by atoms with van der Waals surface area (Å²) in [4.78, 5) is 28.3. The zero-order valence-corrected chi connectivity index (χ0v) is 21.4. The van der Waals surface area contributed by atoms with Crippen LogP contribution in [0, 0.1) is 0 Å². The number of fused-ring (bicyclic) bond motifs is 1. The van der Waals surface area contributed by atoms with E-state index in [4.69, 9.17) is 14.2 Å². The first-order valence-corrected chi connectivity index (χ1v) is 12.8. The molecular weight excluding hydrogens is 460 g/mol. The van der Waals surface area contributed by atoms with Crippen LogP contribution in [0.4, 0.5) is 11.4 Å². The molecule has 2 aromatic carbocycles. The van der Waals surface area contributed by atoms with E-state index in [1.54, 1.807) is 9.13 Å². The number of rotatable bonds is 11. The molecule has 2 heterocycles. The Balaban J connectivity index is 1.55. The minimum Gasteiger partial charge on any atom is -0.492 e. The molecule has 36 heavy (non-hydrogen) atoms. The lowest BCUT2D eigenvalue weighted by Crippen LogP contribution is -2.36. The number of nitrogens with zero attached hydrogens (tertiary/aromatic N) is 3. The highest BCUT2D eigenvalue weighted by Gasteiger charge is 2.21. The maximum absolute atomic E-state index is 13.0. The molecule has 1 N–H and O–H groups in total. The van der Waals surface area contributed by atoms with Crippen LogP contribution in [0.3, 0.4) is 0 Å². The minimum atomic E-state index is -0.197. The second kappa shape index (κ2) is 12.0. The van der Waals surface area contributed by atoms with E-state index in [-0.39, 0.29) is 24.6 Å². The Morgan fingerprint density at radius 1 is 0.944 bits per heavy atom. The van der Waals surface area contributed by atoms with Crippen LogP contribution in [0.5, 0.6) is 11.5 Å². The standard InChI is InChI=1S/C27H36N4O5/c1-4-12-30-21-9-7-8-10-22(21)31(27(30)33)13-11-26(32)28-20-18-25(36-6-3)23(19-24(20)35-5-2)29-14-16-34-17-15-29/h7-10,18-19H,4-6,11-17H2,1-3H3,(H,28,32). The first kappa shape index (κ1) is 25.6. The number of imidazole rings is 1. The van der Waals surface area contributed by atoms with Gasteiger partial charge in [0.1, 0.15) is 11.5 Å². The lowest BCUT2D eigenvalue weighted by atomic mass is 10.2. The number of carbonyl (C=O) groups is 1. The Labute approximate surface area is 211 Å². The van der Waals surface area contributed by atoms with Gasteiger partial charge in [-0.05, 0) is 32.4 Å². The largest absolute Gasteiger partial charge is 0.492 e. The van der Waals surface area contributed by atoms with Crippen molar-refractivity contribution in [1.82, 2.24) is 9.13 Å². The molecule has 1 aliphatic rings. The van der Waals surface area contributed by atoms with Gasteiger partial charge >= 0.3 is 5.69 Å². The predicted molar refractivity (Wildman–Crippen MR) is 142 cm³/mol. The Morgan fingerprint density at radius 3 is 2.22 bits per heavy atom. The van der Waals surface area contributed by atoms with Crippen LogP contribution in [0.1, 0.15) is 33.6 Å². The van der Waals surface area contributed by atoms with E-state index in [1.807, 2.05) is 57.2 Å². The zero-order valence-electron chi connectivity index (χ0n) is 21.4. The van der Waals surface area contributed by atoms with Crippen LogP contribution in [-0.2, 0) is 22.6 Å². The number of anilines is 2. The highest BCUT2D eigenvalue weighted by molar-refractivity contribution is 5.93. The molecule has 0 unspecified atom stereocenters. The van der Waals surface area contributed by atoms with E-state index in [0.717, 1.165) is 36.2 Å². The third-order valence-corrected chi connectivity index (χ3v) is 6.22. The monoisotopic (exact) mass is 496 g/mol. The Morgan fingerprint density at radius 2 is 1.58 bits per heavy atom. The number of benzene rings is 2. The number of amides is 1. The average Bonchev–Trinajstić information content (AvgIpc) is 3.16. The van der Waals surface area contributed by atoms with Gasteiger partial charge in [-0.15, -0.1) is 0 Å². The van der Waals surface area contributed by atoms with Crippen molar-refractivity contribution >= 4 is 28.3 Å². The smallest absolute Gasteiger partial charge is 0.329 e. The molecule has 0 bridgehead atoms. The van der Waals surface area contributed by atoms with Crippen molar-refractivity contribution in [1.29, 1.82) is 0 Å². The van der Waals surface area contributed by atoms with Crippen molar-refractivity contribution in [2.45, 2.75) is 46.7 Å². The molecule has 0 atom stereocenters. The molecule has 0 spiro atoms. The molecule has 1 amide bonds. The maximum Gasteiger partial charge on any atom is 0.329 e. The van der Waals surface area contributed by atoms with Gasteiger partial charge in [0.05, 0.1) is 48.8 Å². The third kappa shape index (κ3) is 5.51. The van der Waals surface area contributed by atoms with Crippen molar-refractivity contribution in [2.75, 3.05) is 49.7 Å². The lowest BCUT2D eigenvalue weighted by Gasteiger charge is -2.31. The van der Waals surface area contributed by atoms with Crippen LogP contribution < -0.4 is 25.4 Å². The molecule has 9 nitrogen and oxygen atoms in total. The van der Waals surface area contributed by atoms with Crippen molar-refractivity contribution < 1.29 is 19.0 Å². The second-order valence-corrected chi connectivity index (χ2v) is 8.65. The summed E-state index contributed by atoms with van der Waals surface area (Å²) >= 11 is 0. The van der Waals surface area contributed by atoms with Crippen LogP contribution in [-0.4, -0.2) is 54.6 Å². The summed E-state index contributed by atoms with van der Waals surface area (Å²) in [6, 6.07) is 11.5. The van der Waals surface area contributed by atoms with Gasteiger partial charge in [-0.2, -0.15) is 0 Å². The first-order valence-electron chi connectivity index (χ1n) is 12.8. The summed E-state index contributed by atoms with van der Waals surface area (Å²) < 4.78 is 20.8. The van der Waals surface area contributed by atoms with Gasteiger partial charge in [0.15, 0.2) is 0 Å². The molecule has 0 aliphatic carbocycles. The number of morpholine rings is 1. The van der Waals surface area contributed by atoms with E-state index in [2.05, 4.69) is 10.2 Å². The fourth-order valence-electron chi connectivity index (χ4n) is 4.60. The molecule has 3 aromatic rings. The predicted octanol–water partition coefficient (Wildman–Crippen LogP) is 3.88. The van der Waals surface area contributed by atoms with E-state index >= 15 is 0 Å². The van der Waals surface area contributed by atoms with E-state index in [9.17, 15) is 9.59 Å². The minimum absolute atomic E-state index is 0.0886. The second-order valence-electron chi connectivity index (χ2n) is 8.65. The Hall–Kier alpha value is -3.46. The molecule has 1 aliphatic heterocycles. The van der Waals surface area contributed by atoms with Gasteiger partial charge < -0.3 is 24.4 Å². The third-order valence-electron chi connectivity index (χ3n) is 6.22. The fraction of sp³-hybridized carbons (Fsp3) is 0.481. The van der Waals surface area contributed by atoms with Gasteiger partial charge in [0.25, 0.3) is 0 Å². The molecule has 9 heteroatoms. The Kier molecular flexibility index (Phi) is 8.53. The van der Waals surface area contributed by atoms with Gasteiger partial charge in [-0.1, -0.05) is 19.1 Å². The number of para-hydroxylation sites is 2. The zero-order chi connectivity index (χ0) is 25.5. The van der Waals surface area contributed by atoms with Crippen LogP contribution in [0.15, 0.2) is 41.2 Å². The van der Waals surface area contributed by atoms with E-state index in [1.165, 1.54) is 0 Å². The number of aryl methyl sites for hydroxylation is 2. The van der Waals surface area contributed by atoms with Gasteiger partial charge in [0.2, 0.25) is 5.91 Å². The summed E-state index contributed by atoms with van der Waals surface area (Å²) in [7, 11) is 0. The Bertz CT molecular complexity index is 1240. The number of hydrogen-bond acceptors (Lipinski definition) is 6. The quantitative estimate of drug-likeness (QED) is 0.434. The normalized spacial score (nSPS) is 13.7. The van der Waals surface area contributed by atoms with Crippen LogP contribution in [0.25, 0.3) is 11.0 Å². The number of carbonyl (C=O) groups excluding carboxylic acids is 1. The van der Waals surface area contributed by atoms with Crippen LogP contribution >= 0.6 is 0 Å². The molecule has 0 radical (unpaired) electrons. The molecule has 1 aromatic heterocycles. The molecule has 4 rings (SSSR count). The number of nitrogens with one attached hydrogen (secondary N) is 1. The number of aromatic nitrogens is 2. The van der Waals surface area contributed by atoms with Gasteiger partial charge in [-0.25, -0.2) is 4.79 Å². The topological polar surface area (TPSA) is 87.0 Å². The average molecular weight is 497 g/mol. The van der Waals surface area contributed by atoms with E-state index < -0.39 is 0 Å². The summed E-state index contributed by atoms with van der Waals surface area (Å²) in [5.74, 6) is 1.08. The summed E-state index contributed by atoms with van der Waals surface area (Å²) in [6.07, 6.45) is 1.01. The van der Waals surface area contributed by atoms with Crippen molar-refractivity contribution in [3.05, 3.63) is 46.9 Å². The lowest BCUT2D eigenvalue weighted by molar-refractivity contribution is -0.116. The highest BCUT2D eigenvalue weighted by Crippen LogP contribution is 2.39. The summed E-state index contributed by atoms with van der Waals surface area (Å²) in [5, 5.41) is 2.98. The summed E-state index contributed by atoms with van der Waals surface area (Å²) in [6.45, 7) is 10.6. The molecule has 1 fully saturated rings. The molecule has 194 valence electrons. The SMILES string of the molecule is CCCn1c(=O)n(CCC(=O)Nc2cc(OCC)c(N3CCOCC3)cc2OCC)c2ccccc21. The maximum atomic E-state index is 13.0. The molecule has 0 saturated carbocycles. The molecular formula is C27H36N4O5. The summed E-state index contributed by atoms with van der Waals surface area (Å²) in [5.41, 5.74) is 3.13. The van der Waals surface area contributed by atoms with E-state index in [0.29, 0.717) is 50.2 Å². The first-order chi connectivity index (χ1) is 17.6.